The molecule has 0 atom stereocenters. The van der Waals surface area contributed by atoms with E-state index >= 15 is 0 Å². The summed E-state index contributed by atoms with van der Waals surface area (Å²) in [4.78, 5) is 25.2. The van der Waals surface area contributed by atoms with Crippen molar-refractivity contribution in [2.75, 3.05) is 25.5 Å². The number of carbonyl (C=O) groups excluding carboxylic acids is 1. The second kappa shape index (κ2) is 13.9. The van der Waals surface area contributed by atoms with Crippen LogP contribution in [-0.4, -0.2) is 46.3 Å². The fraction of sp³-hybridized carbons (Fsp3) is 0.486. The van der Waals surface area contributed by atoms with E-state index in [-0.39, 0.29) is 11.3 Å². The van der Waals surface area contributed by atoms with E-state index in [1.165, 1.54) is 19.3 Å². The van der Waals surface area contributed by atoms with E-state index in [1.807, 2.05) is 44.4 Å². The quantitative estimate of drug-likeness (QED) is 0.191. The lowest BCUT2D eigenvalue weighted by Gasteiger charge is -2.28. The SMILES string of the molecule is CN(C)c1nc(CCCC2CCC(CNC(=O)c3cc(C(C)(C)C)nn3Cc3ccc(Cl)cc3Cl)CC2)nc2ccccc12. The van der Waals surface area contributed by atoms with Gasteiger partial charge in [-0.25, -0.2) is 9.97 Å². The van der Waals surface area contributed by atoms with Crippen molar-refractivity contribution in [3.05, 3.63) is 81.4 Å². The number of nitrogens with one attached hydrogen (secondary N) is 1. The summed E-state index contributed by atoms with van der Waals surface area (Å²) < 4.78 is 1.77. The van der Waals surface area contributed by atoms with Gasteiger partial charge >= 0.3 is 0 Å². The highest BCUT2D eigenvalue weighted by molar-refractivity contribution is 6.35. The molecule has 1 amide bonds. The number of fused-ring (bicyclic) bond motifs is 1. The van der Waals surface area contributed by atoms with Crippen molar-refractivity contribution in [2.45, 2.75) is 77.7 Å². The van der Waals surface area contributed by atoms with Crippen LogP contribution in [0.1, 0.15) is 86.9 Å². The zero-order valence-corrected chi connectivity index (χ0v) is 28.0. The zero-order valence-electron chi connectivity index (χ0n) is 26.5. The van der Waals surface area contributed by atoms with Crippen LogP contribution >= 0.6 is 23.2 Å². The van der Waals surface area contributed by atoms with Crippen molar-refractivity contribution in [2.24, 2.45) is 11.8 Å². The average Bonchev–Trinajstić information content (AvgIpc) is 3.42. The van der Waals surface area contributed by atoms with Gasteiger partial charge in [0.1, 0.15) is 17.3 Å². The van der Waals surface area contributed by atoms with Crippen LogP contribution in [0.2, 0.25) is 10.0 Å². The third-order valence-electron chi connectivity index (χ3n) is 8.70. The maximum atomic E-state index is 13.4. The minimum absolute atomic E-state index is 0.0901. The molecule has 0 aliphatic heterocycles. The molecule has 2 heterocycles. The molecule has 1 aliphatic carbocycles. The fourth-order valence-corrected chi connectivity index (χ4v) is 6.53. The van der Waals surface area contributed by atoms with Crippen LogP contribution in [0.25, 0.3) is 10.9 Å². The summed E-state index contributed by atoms with van der Waals surface area (Å²) in [6.07, 6.45) is 7.84. The molecule has 2 aromatic carbocycles. The first-order chi connectivity index (χ1) is 21.0. The number of hydrogen-bond acceptors (Lipinski definition) is 5. The highest BCUT2D eigenvalue weighted by Gasteiger charge is 2.25. The van der Waals surface area contributed by atoms with Crippen LogP contribution < -0.4 is 10.2 Å². The number of halogens is 2. The molecule has 0 spiro atoms. The Labute approximate surface area is 271 Å². The fourth-order valence-electron chi connectivity index (χ4n) is 6.06. The summed E-state index contributed by atoms with van der Waals surface area (Å²) in [5.41, 5.74) is 3.13. The minimum Gasteiger partial charge on any atom is -0.362 e. The summed E-state index contributed by atoms with van der Waals surface area (Å²) in [7, 11) is 4.07. The van der Waals surface area contributed by atoms with Crippen molar-refractivity contribution in [1.82, 2.24) is 25.1 Å². The van der Waals surface area contributed by atoms with Gasteiger partial charge in [-0.05, 0) is 67.0 Å². The van der Waals surface area contributed by atoms with Crippen LogP contribution in [0.4, 0.5) is 5.82 Å². The topological polar surface area (TPSA) is 75.9 Å². The molecule has 0 radical (unpaired) electrons. The summed E-state index contributed by atoms with van der Waals surface area (Å²) in [5, 5.41) is 10.3. The number of benzene rings is 2. The second-order valence-electron chi connectivity index (χ2n) is 13.4. The van der Waals surface area contributed by atoms with Gasteiger partial charge in [0.2, 0.25) is 0 Å². The second-order valence-corrected chi connectivity index (χ2v) is 14.3. The van der Waals surface area contributed by atoms with Gasteiger partial charge in [-0.3, -0.25) is 9.48 Å². The third-order valence-corrected chi connectivity index (χ3v) is 9.29. The van der Waals surface area contributed by atoms with Crippen molar-refractivity contribution < 1.29 is 4.79 Å². The molecule has 1 N–H and O–H groups in total. The molecule has 44 heavy (non-hydrogen) atoms. The van der Waals surface area contributed by atoms with Gasteiger partial charge in [-0.2, -0.15) is 5.10 Å². The maximum absolute atomic E-state index is 13.4. The summed E-state index contributed by atoms with van der Waals surface area (Å²) in [6, 6.07) is 15.6. The number of anilines is 1. The number of para-hydroxylation sites is 1. The van der Waals surface area contributed by atoms with E-state index in [2.05, 4.69) is 43.1 Å². The Morgan fingerprint density at radius 2 is 1.73 bits per heavy atom. The first kappa shape index (κ1) is 32.2. The molecule has 1 saturated carbocycles. The molecule has 0 bridgehead atoms. The molecule has 0 saturated heterocycles. The third kappa shape index (κ3) is 7.91. The summed E-state index contributed by atoms with van der Waals surface area (Å²) in [6.45, 7) is 7.39. The number of carbonyl (C=O) groups is 1. The van der Waals surface area contributed by atoms with Gasteiger partial charge < -0.3 is 10.2 Å². The molecule has 1 aliphatic rings. The Bertz CT molecular complexity index is 1600. The number of amides is 1. The number of aromatic nitrogens is 4. The van der Waals surface area contributed by atoms with Crippen molar-refractivity contribution in [3.63, 3.8) is 0 Å². The monoisotopic (exact) mass is 634 g/mol. The first-order valence-corrected chi connectivity index (χ1v) is 16.5. The van der Waals surface area contributed by atoms with Gasteiger partial charge in [0.25, 0.3) is 5.91 Å². The Hall–Kier alpha value is -3.16. The number of hydrogen-bond donors (Lipinski definition) is 1. The smallest absolute Gasteiger partial charge is 0.269 e. The van der Waals surface area contributed by atoms with Crippen molar-refractivity contribution in [1.29, 1.82) is 0 Å². The molecule has 234 valence electrons. The Kier molecular flexibility index (Phi) is 10.2. The molecular weight excluding hydrogens is 591 g/mol. The Morgan fingerprint density at radius 1 is 1.00 bits per heavy atom. The lowest BCUT2D eigenvalue weighted by Crippen LogP contribution is -2.32. The van der Waals surface area contributed by atoms with Crippen LogP contribution in [-0.2, 0) is 18.4 Å². The van der Waals surface area contributed by atoms with E-state index in [0.717, 1.165) is 65.4 Å². The predicted octanol–water partition coefficient (Wildman–Crippen LogP) is 8.10. The van der Waals surface area contributed by atoms with Gasteiger partial charge in [0, 0.05) is 47.9 Å². The molecule has 7 nitrogen and oxygen atoms in total. The van der Waals surface area contributed by atoms with Crippen LogP contribution in [0.3, 0.4) is 0 Å². The minimum atomic E-state index is -0.183. The maximum Gasteiger partial charge on any atom is 0.269 e. The first-order valence-electron chi connectivity index (χ1n) is 15.7. The normalized spacial score (nSPS) is 17.2. The molecule has 0 unspecified atom stereocenters. The van der Waals surface area contributed by atoms with Crippen LogP contribution in [0.15, 0.2) is 48.5 Å². The summed E-state index contributed by atoms with van der Waals surface area (Å²) in [5.74, 6) is 3.03. The van der Waals surface area contributed by atoms with Gasteiger partial charge in [0.15, 0.2) is 0 Å². The zero-order chi connectivity index (χ0) is 31.4. The lowest BCUT2D eigenvalue weighted by atomic mass is 9.80. The van der Waals surface area contributed by atoms with Crippen molar-refractivity contribution >= 4 is 45.8 Å². The van der Waals surface area contributed by atoms with Gasteiger partial charge in [-0.1, -0.05) is 81.4 Å². The number of aryl methyl sites for hydroxylation is 1. The van der Waals surface area contributed by atoms with E-state index in [1.54, 1.807) is 10.7 Å². The van der Waals surface area contributed by atoms with E-state index in [9.17, 15) is 4.79 Å². The standard InChI is InChI=1S/C35H44Cl2N6O/c1-35(2,3)31-20-30(43(41-31)22-25-17-18-26(36)19-28(25)37)34(44)38-21-24-15-13-23(14-16-24)9-8-12-32-39-29-11-7-6-10-27(29)33(40-32)42(4)5/h6-7,10-11,17-20,23-24H,8-9,12-16,21-22H2,1-5H3,(H,38,44). The molecule has 1 fully saturated rings. The number of rotatable bonds is 10. The van der Waals surface area contributed by atoms with E-state index in [4.69, 9.17) is 38.3 Å². The van der Waals surface area contributed by atoms with Crippen LogP contribution in [0, 0.1) is 11.8 Å². The predicted molar refractivity (Wildman–Crippen MR) is 181 cm³/mol. The largest absolute Gasteiger partial charge is 0.362 e. The van der Waals surface area contributed by atoms with Crippen LogP contribution in [0.5, 0.6) is 0 Å². The van der Waals surface area contributed by atoms with Gasteiger partial charge in [0.05, 0.1) is 17.8 Å². The van der Waals surface area contributed by atoms with Gasteiger partial charge in [-0.15, -0.1) is 0 Å². The molecule has 5 rings (SSSR count). The summed E-state index contributed by atoms with van der Waals surface area (Å²) >= 11 is 12.5. The van der Waals surface area contributed by atoms with E-state index < -0.39 is 0 Å². The van der Waals surface area contributed by atoms with Crippen molar-refractivity contribution in [3.8, 4) is 0 Å². The average molecular weight is 636 g/mol. The molecule has 9 heteroatoms. The molecule has 4 aromatic rings. The molecular formula is C35H44Cl2N6O. The highest BCUT2D eigenvalue weighted by Crippen LogP contribution is 2.32. The molecule has 2 aromatic heterocycles. The lowest BCUT2D eigenvalue weighted by molar-refractivity contribution is 0.0930. The Balaban J connectivity index is 1.12. The Morgan fingerprint density at radius 3 is 2.43 bits per heavy atom. The highest BCUT2D eigenvalue weighted by atomic mass is 35.5. The number of nitrogens with zero attached hydrogens (tertiary/aromatic N) is 5. The van der Waals surface area contributed by atoms with E-state index in [0.29, 0.717) is 34.7 Å².